The molecule has 2 amide bonds. The lowest BCUT2D eigenvalue weighted by atomic mass is 10.1. The van der Waals surface area contributed by atoms with Crippen LogP contribution in [0.2, 0.25) is 5.02 Å². The molecule has 2 N–H and O–H groups in total. The third kappa shape index (κ3) is 6.32. The molecule has 0 spiro atoms. The van der Waals surface area contributed by atoms with E-state index < -0.39 is 0 Å². The van der Waals surface area contributed by atoms with Crippen LogP contribution in [-0.4, -0.2) is 32.3 Å². The van der Waals surface area contributed by atoms with Crippen molar-refractivity contribution in [1.82, 2.24) is 14.8 Å². The monoisotopic (exact) mass is 457 g/mol. The molecule has 0 atom stereocenters. The molecule has 1 aromatic heterocycles. The summed E-state index contributed by atoms with van der Waals surface area (Å²) < 4.78 is 1.84. The molecule has 0 bridgehead atoms. The van der Waals surface area contributed by atoms with Crippen molar-refractivity contribution in [3.63, 3.8) is 0 Å². The van der Waals surface area contributed by atoms with Crippen LogP contribution in [0.4, 0.5) is 11.4 Å². The second-order valence-electron chi connectivity index (χ2n) is 7.01. The van der Waals surface area contributed by atoms with Gasteiger partial charge >= 0.3 is 0 Å². The zero-order valence-corrected chi connectivity index (χ0v) is 19.2. The molecule has 1 heterocycles. The van der Waals surface area contributed by atoms with E-state index in [0.717, 1.165) is 11.3 Å². The Bertz CT molecular complexity index is 1080. The fraction of sp³-hybridized carbons (Fsp3) is 0.273. The van der Waals surface area contributed by atoms with Crippen LogP contribution in [0.5, 0.6) is 0 Å². The highest BCUT2D eigenvalue weighted by molar-refractivity contribution is 7.99. The van der Waals surface area contributed by atoms with Gasteiger partial charge in [0.25, 0.3) is 0 Å². The molecule has 31 heavy (non-hydrogen) atoms. The second kappa shape index (κ2) is 10.5. The molecule has 3 aromatic rings. The number of hydrogen-bond acceptors (Lipinski definition) is 5. The lowest BCUT2D eigenvalue weighted by molar-refractivity contribution is -0.116. The van der Waals surface area contributed by atoms with Crippen molar-refractivity contribution in [2.45, 2.75) is 38.9 Å². The molecule has 2 aromatic carbocycles. The Morgan fingerprint density at radius 3 is 2.32 bits per heavy atom. The minimum Gasteiger partial charge on any atom is -0.326 e. The van der Waals surface area contributed by atoms with E-state index in [-0.39, 0.29) is 24.0 Å². The Morgan fingerprint density at radius 1 is 0.968 bits per heavy atom. The zero-order valence-electron chi connectivity index (χ0n) is 17.6. The van der Waals surface area contributed by atoms with Crippen LogP contribution in [0.15, 0.2) is 47.6 Å². The number of benzene rings is 2. The summed E-state index contributed by atoms with van der Waals surface area (Å²) in [6.07, 6.45) is 0.0822. The van der Waals surface area contributed by atoms with Crippen LogP contribution < -0.4 is 10.6 Å². The van der Waals surface area contributed by atoms with E-state index in [4.69, 9.17) is 11.6 Å². The van der Waals surface area contributed by atoms with Gasteiger partial charge in [0, 0.05) is 22.9 Å². The molecular weight excluding hydrogens is 434 g/mol. The number of carbonyl (C=O) groups is 2. The first-order valence-corrected chi connectivity index (χ1v) is 11.2. The molecule has 7 nitrogen and oxygen atoms in total. The van der Waals surface area contributed by atoms with E-state index in [1.54, 1.807) is 24.3 Å². The number of nitrogens with zero attached hydrogens (tertiary/aromatic N) is 3. The zero-order chi connectivity index (χ0) is 22.4. The van der Waals surface area contributed by atoms with Gasteiger partial charge in [0.15, 0.2) is 5.16 Å². The average Bonchev–Trinajstić information content (AvgIpc) is 3.12. The lowest BCUT2D eigenvalue weighted by Crippen LogP contribution is -2.18. The molecular formula is C22H24ClN5O2S. The minimum absolute atomic E-state index is 0.0822. The summed E-state index contributed by atoms with van der Waals surface area (Å²) in [6, 6.07) is 12.7. The molecule has 0 aliphatic rings. The van der Waals surface area contributed by atoms with E-state index in [1.807, 2.05) is 43.5 Å². The predicted octanol–water partition coefficient (Wildman–Crippen LogP) is 4.48. The Hall–Kier alpha value is -2.84. The van der Waals surface area contributed by atoms with Gasteiger partial charge in [0.05, 0.1) is 12.2 Å². The van der Waals surface area contributed by atoms with Crippen molar-refractivity contribution in [3.8, 4) is 0 Å². The normalized spacial score (nSPS) is 10.7. The molecule has 0 radical (unpaired) electrons. The number of halogens is 1. The molecule has 0 fully saturated rings. The van der Waals surface area contributed by atoms with E-state index >= 15 is 0 Å². The third-order valence-corrected chi connectivity index (χ3v) is 5.90. The first-order valence-electron chi connectivity index (χ1n) is 9.83. The SMILES string of the molecule is CCn1c(CC(=O)Nc2ccc(Cl)cc2)nnc1SCC(=O)Nc1ccc(C)c(C)c1. The van der Waals surface area contributed by atoms with Gasteiger partial charge in [-0.05, 0) is 68.3 Å². The van der Waals surface area contributed by atoms with E-state index in [0.29, 0.717) is 28.2 Å². The van der Waals surface area contributed by atoms with Gasteiger partial charge in [0.1, 0.15) is 5.82 Å². The molecule has 0 saturated heterocycles. The molecule has 0 saturated carbocycles. The summed E-state index contributed by atoms with van der Waals surface area (Å²) in [6.45, 7) is 6.58. The van der Waals surface area contributed by atoms with Crippen LogP contribution in [0, 0.1) is 13.8 Å². The Kier molecular flexibility index (Phi) is 7.70. The number of anilines is 2. The van der Waals surface area contributed by atoms with E-state index in [9.17, 15) is 9.59 Å². The average molecular weight is 458 g/mol. The van der Waals surface area contributed by atoms with Crippen LogP contribution in [-0.2, 0) is 22.6 Å². The molecule has 0 aliphatic carbocycles. The van der Waals surface area contributed by atoms with Crippen molar-refractivity contribution in [3.05, 3.63) is 64.4 Å². The highest BCUT2D eigenvalue weighted by Gasteiger charge is 2.16. The number of aromatic nitrogens is 3. The predicted molar refractivity (Wildman–Crippen MR) is 125 cm³/mol. The molecule has 0 unspecified atom stereocenters. The smallest absolute Gasteiger partial charge is 0.234 e. The summed E-state index contributed by atoms with van der Waals surface area (Å²) in [4.78, 5) is 24.7. The third-order valence-electron chi connectivity index (χ3n) is 4.68. The first kappa shape index (κ1) is 22.8. The number of thioether (sulfide) groups is 1. The van der Waals surface area contributed by atoms with Crippen LogP contribution in [0.1, 0.15) is 23.9 Å². The summed E-state index contributed by atoms with van der Waals surface area (Å²) >= 11 is 7.16. The van der Waals surface area contributed by atoms with Gasteiger partial charge in [-0.1, -0.05) is 29.4 Å². The first-order chi connectivity index (χ1) is 14.9. The maximum atomic E-state index is 12.4. The molecule has 9 heteroatoms. The minimum atomic E-state index is -0.201. The van der Waals surface area contributed by atoms with Gasteiger partial charge in [-0.15, -0.1) is 10.2 Å². The summed E-state index contributed by atoms with van der Waals surface area (Å²) in [5.41, 5.74) is 3.73. The van der Waals surface area contributed by atoms with Crippen molar-refractivity contribution in [1.29, 1.82) is 0 Å². The number of carbonyl (C=O) groups excluding carboxylic acids is 2. The summed E-state index contributed by atoms with van der Waals surface area (Å²) in [5.74, 6) is 0.419. The maximum absolute atomic E-state index is 12.4. The van der Waals surface area contributed by atoms with Gasteiger partial charge < -0.3 is 15.2 Å². The number of nitrogens with one attached hydrogen (secondary N) is 2. The number of aryl methyl sites for hydroxylation is 2. The van der Waals surface area contributed by atoms with Crippen molar-refractivity contribution in [2.75, 3.05) is 16.4 Å². The van der Waals surface area contributed by atoms with E-state index in [1.165, 1.54) is 17.3 Å². The Morgan fingerprint density at radius 2 is 1.65 bits per heavy atom. The van der Waals surface area contributed by atoms with Crippen molar-refractivity contribution in [2.24, 2.45) is 0 Å². The van der Waals surface area contributed by atoms with Crippen molar-refractivity contribution < 1.29 is 9.59 Å². The highest BCUT2D eigenvalue weighted by Crippen LogP contribution is 2.20. The molecule has 0 aliphatic heterocycles. The molecule has 162 valence electrons. The fourth-order valence-electron chi connectivity index (χ4n) is 2.90. The van der Waals surface area contributed by atoms with Crippen LogP contribution in [0.3, 0.4) is 0 Å². The summed E-state index contributed by atoms with van der Waals surface area (Å²) in [5, 5.41) is 15.2. The number of amides is 2. The van der Waals surface area contributed by atoms with Gasteiger partial charge in [-0.3, -0.25) is 9.59 Å². The van der Waals surface area contributed by atoms with Gasteiger partial charge in [-0.25, -0.2) is 0 Å². The van der Waals surface area contributed by atoms with Gasteiger partial charge in [-0.2, -0.15) is 0 Å². The standard InChI is InChI=1S/C22H24ClN5O2S/c1-4-28-19(12-20(29)24-17-9-6-16(23)7-10-17)26-27-22(28)31-13-21(30)25-18-8-5-14(2)15(3)11-18/h5-11H,4,12-13H2,1-3H3,(H,24,29)(H,25,30). The highest BCUT2D eigenvalue weighted by atomic mass is 35.5. The lowest BCUT2D eigenvalue weighted by Gasteiger charge is -2.09. The maximum Gasteiger partial charge on any atom is 0.234 e. The van der Waals surface area contributed by atoms with Crippen LogP contribution in [0.25, 0.3) is 0 Å². The summed E-state index contributed by atoms with van der Waals surface area (Å²) in [7, 11) is 0. The van der Waals surface area contributed by atoms with E-state index in [2.05, 4.69) is 20.8 Å². The molecule has 3 rings (SSSR count). The Balaban J connectivity index is 1.57. The van der Waals surface area contributed by atoms with Gasteiger partial charge in [0.2, 0.25) is 11.8 Å². The topological polar surface area (TPSA) is 88.9 Å². The largest absolute Gasteiger partial charge is 0.326 e. The Labute approximate surface area is 190 Å². The van der Waals surface area contributed by atoms with Crippen LogP contribution >= 0.6 is 23.4 Å². The number of hydrogen-bond donors (Lipinski definition) is 2. The van der Waals surface area contributed by atoms with Crippen molar-refractivity contribution >= 4 is 46.6 Å². The second-order valence-corrected chi connectivity index (χ2v) is 8.39. The fourth-order valence-corrected chi connectivity index (χ4v) is 3.85. The number of rotatable bonds is 8. The quantitative estimate of drug-likeness (QED) is 0.487.